The van der Waals surface area contributed by atoms with Crippen LogP contribution >= 0.6 is 0 Å². The molecule has 1 aliphatic rings. The number of carbonyl (C=O) groups is 1. The topological polar surface area (TPSA) is 135 Å². The van der Waals surface area contributed by atoms with E-state index in [2.05, 4.69) is 74.6 Å². The molecule has 9 nitrogen and oxygen atoms in total. The molecular formula is C55H98O9. The van der Waals surface area contributed by atoms with Crippen molar-refractivity contribution in [3.8, 4) is 0 Å². The molecule has 0 bridgehead atoms. The Hall–Kier alpha value is -2.11. The Morgan fingerprint density at radius 3 is 1.45 bits per heavy atom. The van der Waals surface area contributed by atoms with Crippen molar-refractivity contribution in [3.63, 3.8) is 0 Å². The fourth-order valence-corrected chi connectivity index (χ4v) is 7.83. The van der Waals surface area contributed by atoms with E-state index in [1.54, 1.807) is 0 Å². The lowest BCUT2D eigenvalue weighted by molar-refractivity contribution is -0.305. The standard InChI is InChI=1S/C55H98O9/c1-3-5-7-9-11-13-15-17-19-21-23-24-25-27-29-31-33-35-37-39-41-43-45-61-47-49(48-62-55-54(60)53(59)52(58)50(46-56)64-55)63-51(57)44-42-40-38-36-34-32-30-28-26-22-20-18-16-14-12-10-8-6-4-2/h6,8,12,14,18,20-21,23,26,28,49-50,52-56,58-60H,3-5,7,9-11,13,15-17,19,22,24-25,27,29-48H2,1-2H3/b8-6-,14-12-,20-18-,23-21-,28-26-. The van der Waals surface area contributed by atoms with Crippen molar-refractivity contribution in [2.75, 3.05) is 26.4 Å². The lowest BCUT2D eigenvalue weighted by Crippen LogP contribution is -2.59. The fraction of sp³-hybridized carbons (Fsp3) is 0.800. The molecule has 1 aliphatic heterocycles. The minimum absolute atomic E-state index is 0.121. The van der Waals surface area contributed by atoms with Crippen LogP contribution in [0.4, 0.5) is 0 Å². The van der Waals surface area contributed by atoms with Gasteiger partial charge in [-0.2, -0.15) is 0 Å². The number of aliphatic hydroxyl groups is 4. The van der Waals surface area contributed by atoms with Crippen molar-refractivity contribution >= 4 is 5.97 Å². The summed E-state index contributed by atoms with van der Waals surface area (Å²) in [7, 11) is 0. The summed E-state index contributed by atoms with van der Waals surface area (Å²) < 4.78 is 22.9. The SMILES string of the molecule is CC/C=C\C/C=C\C/C=C\C/C=C\CCCCCCCCC(=O)OC(COCCCCCCCCCCCC/C=C\CCCCCCCCCC)COC1OC(CO)C(O)C(O)C1O. The van der Waals surface area contributed by atoms with Crippen LogP contribution in [0.3, 0.4) is 0 Å². The number of carbonyl (C=O) groups excluding carboxylic acids is 1. The van der Waals surface area contributed by atoms with Crippen molar-refractivity contribution in [2.24, 2.45) is 0 Å². The average Bonchev–Trinajstić information content (AvgIpc) is 3.30. The second-order valence-corrected chi connectivity index (χ2v) is 17.9. The minimum atomic E-state index is -1.54. The van der Waals surface area contributed by atoms with Crippen LogP contribution < -0.4 is 0 Å². The van der Waals surface area contributed by atoms with Crippen LogP contribution in [0.5, 0.6) is 0 Å². The highest BCUT2D eigenvalue weighted by molar-refractivity contribution is 5.69. The number of unbranched alkanes of at least 4 members (excludes halogenated alkanes) is 24. The maximum Gasteiger partial charge on any atom is 0.306 e. The number of hydrogen-bond acceptors (Lipinski definition) is 9. The predicted molar refractivity (Wildman–Crippen MR) is 265 cm³/mol. The van der Waals surface area contributed by atoms with Gasteiger partial charge in [0.15, 0.2) is 6.29 Å². The molecule has 0 radical (unpaired) electrons. The van der Waals surface area contributed by atoms with Crippen LogP contribution in [0.1, 0.15) is 219 Å². The molecule has 0 spiro atoms. The first kappa shape index (κ1) is 59.9. The van der Waals surface area contributed by atoms with Gasteiger partial charge >= 0.3 is 5.97 Å². The molecule has 1 saturated heterocycles. The van der Waals surface area contributed by atoms with Crippen molar-refractivity contribution in [3.05, 3.63) is 60.8 Å². The Balaban J connectivity index is 2.20. The summed E-state index contributed by atoms with van der Waals surface area (Å²) in [5.74, 6) is -0.327. The van der Waals surface area contributed by atoms with E-state index in [4.69, 9.17) is 18.9 Å². The van der Waals surface area contributed by atoms with Crippen LogP contribution in [0.25, 0.3) is 0 Å². The minimum Gasteiger partial charge on any atom is -0.457 e. The Morgan fingerprint density at radius 2 is 0.953 bits per heavy atom. The molecule has 6 atom stereocenters. The monoisotopic (exact) mass is 903 g/mol. The van der Waals surface area contributed by atoms with E-state index in [0.717, 1.165) is 70.6 Å². The molecule has 64 heavy (non-hydrogen) atoms. The second kappa shape index (κ2) is 46.0. The van der Waals surface area contributed by atoms with Gasteiger partial charge in [0.05, 0.1) is 19.8 Å². The number of aliphatic hydroxyl groups excluding tert-OH is 4. The normalized spacial score (nSPS) is 20.0. The number of esters is 1. The summed E-state index contributed by atoms with van der Waals surface area (Å²) in [4.78, 5) is 12.8. The van der Waals surface area contributed by atoms with E-state index in [1.807, 2.05) is 0 Å². The smallest absolute Gasteiger partial charge is 0.306 e. The molecule has 0 aromatic carbocycles. The number of rotatable bonds is 45. The number of ether oxygens (including phenoxy) is 4. The van der Waals surface area contributed by atoms with Crippen molar-refractivity contribution in [1.82, 2.24) is 0 Å². The van der Waals surface area contributed by atoms with E-state index in [1.165, 1.54) is 128 Å². The van der Waals surface area contributed by atoms with Crippen molar-refractivity contribution in [1.29, 1.82) is 0 Å². The molecule has 1 heterocycles. The molecule has 9 heteroatoms. The van der Waals surface area contributed by atoms with E-state index >= 15 is 0 Å². The highest BCUT2D eigenvalue weighted by Gasteiger charge is 2.44. The second-order valence-electron chi connectivity index (χ2n) is 17.9. The zero-order chi connectivity index (χ0) is 46.4. The van der Waals surface area contributed by atoms with Gasteiger partial charge in [-0.1, -0.05) is 197 Å². The first-order chi connectivity index (χ1) is 31.4. The summed E-state index contributed by atoms with van der Waals surface area (Å²) >= 11 is 0. The number of allylic oxidation sites excluding steroid dienone is 10. The molecule has 0 saturated carbocycles. The molecule has 0 aromatic rings. The zero-order valence-corrected chi connectivity index (χ0v) is 41.0. The van der Waals surface area contributed by atoms with Crippen LogP contribution in [0.2, 0.25) is 0 Å². The Kier molecular flexibility index (Phi) is 43.1. The fourth-order valence-electron chi connectivity index (χ4n) is 7.83. The van der Waals surface area contributed by atoms with Crippen LogP contribution in [0.15, 0.2) is 60.8 Å². The van der Waals surface area contributed by atoms with Gasteiger partial charge in [-0.25, -0.2) is 0 Å². The van der Waals surface area contributed by atoms with Crippen LogP contribution in [-0.2, 0) is 23.7 Å². The van der Waals surface area contributed by atoms with E-state index < -0.39 is 43.4 Å². The predicted octanol–water partition coefficient (Wildman–Crippen LogP) is 13.0. The highest BCUT2D eigenvalue weighted by Crippen LogP contribution is 2.23. The summed E-state index contributed by atoms with van der Waals surface area (Å²) in [6, 6.07) is 0. The molecule has 4 N–H and O–H groups in total. The Morgan fingerprint density at radius 1 is 0.516 bits per heavy atom. The first-order valence-electron chi connectivity index (χ1n) is 26.4. The van der Waals surface area contributed by atoms with E-state index in [-0.39, 0.29) is 19.2 Å². The summed E-state index contributed by atoms with van der Waals surface area (Å²) in [5.41, 5.74) is 0. The van der Waals surface area contributed by atoms with Gasteiger partial charge in [0.25, 0.3) is 0 Å². The molecule has 1 rings (SSSR count). The van der Waals surface area contributed by atoms with E-state index in [0.29, 0.717) is 13.0 Å². The van der Waals surface area contributed by atoms with E-state index in [9.17, 15) is 25.2 Å². The van der Waals surface area contributed by atoms with Gasteiger partial charge in [-0.3, -0.25) is 4.79 Å². The maximum absolute atomic E-state index is 12.8. The Labute approximate surface area is 392 Å². The molecule has 0 amide bonds. The molecule has 372 valence electrons. The van der Waals surface area contributed by atoms with Gasteiger partial charge in [0, 0.05) is 13.0 Å². The highest BCUT2D eigenvalue weighted by atomic mass is 16.7. The third-order valence-corrected chi connectivity index (χ3v) is 11.9. The third kappa shape index (κ3) is 36.1. The molecular weight excluding hydrogens is 805 g/mol. The first-order valence-corrected chi connectivity index (χ1v) is 26.4. The maximum atomic E-state index is 12.8. The largest absolute Gasteiger partial charge is 0.457 e. The quantitative estimate of drug-likeness (QED) is 0.0268. The van der Waals surface area contributed by atoms with Crippen molar-refractivity contribution < 1.29 is 44.2 Å². The van der Waals surface area contributed by atoms with Crippen molar-refractivity contribution in [2.45, 2.75) is 256 Å². The molecule has 6 unspecified atom stereocenters. The summed E-state index contributed by atoms with van der Waals surface area (Å²) in [6.07, 6.45) is 52.5. The van der Waals surface area contributed by atoms with Gasteiger partial charge in [-0.15, -0.1) is 0 Å². The lowest BCUT2D eigenvalue weighted by Gasteiger charge is -2.39. The Bertz CT molecular complexity index is 1160. The summed E-state index contributed by atoms with van der Waals surface area (Å²) in [6.45, 7) is 4.44. The van der Waals surface area contributed by atoms with Gasteiger partial charge < -0.3 is 39.4 Å². The average molecular weight is 903 g/mol. The third-order valence-electron chi connectivity index (χ3n) is 11.9. The van der Waals surface area contributed by atoms with Crippen LogP contribution in [-0.4, -0.2) is 89.6 Å². The van der Waals surface area contributed by atoms with Gasteiger partial charge in [-0.05, 0) is 77.0 Å². The van der Waals surface area contributed by atoms with Crippen LogP contribution in [0, 0.1) is 0 Å². The molecule has 0 aliphatic carbocycles. The number of hydrogen-bond donors (Lipinski definition) is 4. The molecule has 0 aromatic heterocycles. The van der Waals surface area contributed by atoms with Gasteiger partial charge in [0.2, 0.25) is 0 Å². The zero-order valence-electron chi connectivity index (χ0n) is 41.0. The summed E-state index contributed by atoms with van der Waals surface area (Å²) in [5, 5.41) is 40.3. The lowest BCUT2D eigenvalue weighted by atomic mass is 9.99. The van der Waals surface area contributed by atoms with Gasteiger partial charge in [0.1, 0.15) is 30.5 Å². The molecule has 1 fully saturated rings.